The average molecular weight is 248 g/mol. The Morgan fingerprint density at radius 2 is 1.89 bits per heavy atom. The number of aryl methyl sites for hydroxylation is 1. The Kier molecular flexibility index (Phi) is 5.11. The molecular weight excluding hydrogens is 232 g/mol. The number of rotatable bonds is 7. The van der Waals surface area contributed by atoms with Crippen LogP contribution < -0.4 is 0 Å². The van der Waals surface area contributed by atoms with Gasteiger partial charge in [0.05, 0.1) is 11.1 Å². The lowest BCUT2D eigenvalue weighted by Gasteiger charge is -2.08. The third-order valence-electron chi connectivity index (χ3n) is 2.70. The lowest BCUT2D eigenvalue weighted by Crippen LogP contribution is -2.11. The van der Waals surface area contributed by atoms with E-state index >= 15 is 0 Å². The molecule has 0 amide bonds. The van der Waals surface area contributed by atoms with Crippen LogP contribution in [0.3, 0.4) is 0 Å². The summed E-state index contributed by atoms with van der Waals surface area (Å²) in [5.41, 5.74) is 0.332. The molecule has 96 valence electrons. The minimum absolute atomic E-state index is 0.0939. The summed E-state index contributed by atoms with van der Waals surface area (Å²) >= 11 is 0. The van der Waals surface area contributed by atoms with Crippen LogP contribution in [-0.4, -0.2) is 22.2 Å². The van der Waals surface area contributed by atoms with Gasteiger partial charge in [0.25, 0.3) is 0 Å². The molecule has 0 bridgehead atoms. The number of unbranched alkanes of at least 4 members (excludes halogenated alkanes) is 2. The molecule has 18 heavy (non-hydrogen) atoms. The van der Waals surface area contributed by atoms with E-state index in [1.54, 1.807) is 12.1 Å². The minimum atomic E-state index is -1.21. The molecular formula is C14H16O4. The highest BCUT2D eigenvalue weighted by molar-refractivity contribution is 6.02. The number of aromatic carboxylic acids is 2. The number of allylic oxidation sites excluding steroid dienone is 1. The Balaban J connectivity index is 2.96. The lowest BCUT2D eigenvalue weighted by molar-refractivity contribution is 0.0650. The van der Waals surface area contributed by atoms with E-state index in [-0.39, 0.29) is 11.1 Å². The molecule has 0 heterocycles. The molecule has 0 unspecified atom stereocenters. The van der Waals surface area contributed by atoms with Crippen molar-refractivity contribution >= 4 is 11.9 Å². The highest BCUT2D eigenvalue weighted by Crippen LogP contribution is 2.18. The van der Waals surface area contributed by atoms with Crippen molar-refractivity contribution < 1.29 is 19.8 Å². The Hall–Kier alpha value is -2.10. The van der Waals surface area contributed by atoms with E-state index in [4.69, 9.17) is 10.2 Å². The molecule has 4 nitrogen and oxygen atoms in total. The summed E-state index contributed by atoms with van der Waals surface area (Å²) in [4.78, 5) is 22.1. The summed E-state index contributed by atoms with van der Waals surface area (Å²) in [6, 6.07) is 4.57. The Labute approximate surface area is 106 Å². The fraction of sp³-hybridized carbons (Fsp3) is 0.286. The number of benzene rings is 1. The zero-order valence-electron chi connectivity index (χ0n) is 10.1. The quantitative estimate of drug-likeness (QED) is 0.574. The van der Waals surface area contributed by atoms with Gasteiger partial charge in [0.2, 0.25) is 0 Å². The summed E-state index contributed by atoms with van der Waals surface area (Å²) in [5, 5.41) is 18.1. The van der Waals surface area contributed by atoms with Gasteiger partial charge in [0, 0.05) is 0 Å². The van der Waals surface area contributed by atoms with Crippen molar-refractivity contribution in [2.45, 2.75) is 25.7 Å². The molecule has 0 aromatic heterocycles. The summed E-state index contributed by atoms with van der Waals surface area (Å²) in [6.07, 6.45) is 4.98. The van der Waals surface area contributed by atoms with Crippen molar-refractivity contribution in [3.63, 3.8) is 0 Å². The lowest BCUT2D eigenvalue weighted by atomic mass is 9.96. The minimum Gasteiger partial charge on any atom is -0.478 e. The molecule has 0 spiro atoms. The molecule has 1 rings (SSSR count). The van der Waals surface area contributed by atoms with Crippen LogP contribution in [-0.2, 0) is 6.42 Å². The number of hydrogen-bond donors (Lipinski definition) is 2. The third-order valence-corrected chi connectivity index (χ3v) is 2.70. The molecule has 0 aliphatic rings. The summed E-state index contributed by atoms with van der Waals surface area (Å²) < 4.78 is 0. The molecule has 0 saturated heterocycles. The Bertz CT molecular complexity index is 463. The zero-order chi connectivity index (χ0) is 13.5. The van der Waals surface area contributed by atoms with Crippen molar-refractivity contribution in [3.8, 4) is 0 Å². The van der Waals surface area contributed by atoms with Crippen molar-refractivity contribution in [3.05, 3.63) is 47.5 Å². The van der Waals surface area contributed by atoms with E-state index in [2.05, 4.69) is 6.58 Å². The second-order valence-electron chi connectivity index (χ2n) is 3.98. The predicted octanol–water partition coefficient (Wildman–Crippen LogP) is 2.98. The topological polar surface area (TPSA) is 74.6 Å². The van der Waals surface area contributed by atoms with Crippen LogP contribution in [0.25, 0.3) is 0 Å². The van der Waals surface area contributed by atoms with Crippen LogP contribution in [0.5, 0.6) is 0 Å². The average Bonchev–Trinajstić information content (AvgIpc) is 2.33. The molecule has 0 fully saturated rings. The normalized spacial score (nSPS) is 10.0. The third kappa shape index (κ3) is 3.45. The fourth-order valence-electron chi connectivity index (χ4n) is 1.84. The molecule has 0 aliphatic heterocycles. The summed E-state index contributed by atoms with van der Waals surface area (Å²) in [6.45, 7) is 3.62. The van der Waals surface area contributed by atoms with Gasteiger partial charge in [-0.25, -0.2) is 9.59 Å². The SMILES string of the molecule is C=CCCCCc1cccc(C(=O)O)c1C(=O)O. The largest absolute Gasteiger partial charge is 0.478 e. The molecule has 0 aliphatic carbocycles. The van der Waals surface area contributed by atoms with Crippen LogP contribution in [0.4, 0.5) is 0 Å². The fourth-order valence-corrected chi connectivity index (χ4v) is 1.84. The van der Waals surface area contributed by atoms with Gasteiger partial charge < -0.3 is 10.2 Å². The number of carbonyl (C=O) groups is 2. The first-order valence-corrected chi connectivity index (χ1v) is 5.77. The van der Waals surface area contributed by atoms with Crippen LogP contribution in [0.1, 0.15) is 45.5 Å². The molecule has 0 atom stereocenters. The van der Waals surface area contributed by atoms with Gasteiger partial charge in [-0.3, -0.25) is 0 Å². The highest BCUT2D eigenvalue weighted by atomic mass is 16.4. The van der Waals surface area contributed by atoms with Gasteiger partial charge in [-0.2, -0.15) is 0 Å². The molecule has 1 aromatic carbocycles. The van der Waals surface area contributed by atoms with Gasteiger partial charge in [-0.15, -0.1) is 6.58 Å². The van der Waals surface area contributed by atoms with Crippen molar-refractivity contribution in [2.75, 3.05) is 0 Å². The molecule has 0 radical (unpaired) electrons. The predicted molar refractivity (Wildman–Crippen MR) is 68.1 cm³/mol. The van der Waals surface area contributed by atoms with E-state index in [1.165, 1.54) is 6.07 Å². The van der Waals surface area contributed by atoms with Crippen LogP contribution in [0.2, 0.25) is 0 Å². The zero-order valence-corrected chi connectivity index (χ0v) is 10.1. The maximum atomic E-state index is 11.2. The van der Waals surface area contributed by atoms with Crippen molar-refractivity contribution in [1.82, 2.24) is 0 Å². The van der Waals surface area contributed by atoms with Crippen LogP contribution in [0, 0.1) is 0 Å². The van der Waals surface area contributed by atoms with Gasteiger partial charge in [-0.1, -0.05) is 18.2 Å². The van der Waals surface area contributed by atoms with Crippen molar-refractivity contribution in [2.24, 2.45) is 0 Å². The van der Waals surface area contributed by atoms with Crippen LogP contribution >= 0.6 is 0 Å². The monoisotopic (exact) mass is 248 g/mol. The molecule has 4 heteroatoms. The standard InChI is InChI=1S/C14H16O4/c1-2-3-4-5-7-10-8-6-9-11(13(15)16)12(10)14(17)18/h2,6,8-9H,1,3-5,7H2,(H,15,16)(H,17,18). The Morgan fingerprint density at radius 1 is 1.17 bits per heavy atom. The first-order chi connectivity index (χ1) is 8.57. The smallest absolute Gasteiger partial charge is 0.336 e. The highest BCUT2D eigenvalue weighted by Gasteiger charge is 2.19. The summed E-state index contributed by atoms with van der Waals surface area (Å²) in [7, 11) is 0. The maximum absolute atomic E-state index is 11.2. The second-order valence-corrected chi connectivity index (χ2v) is 3.98. The number of carboxylic acid groups (broad SMARTS) is 2. The molecule has 1 aromatic rings. The molecule has 0 saturated carbocycles. The number of hydrogen-bond acceptors (Lipinski definition) is 2. The van der Waals surface area contributed by atoms with E-state index < -0.39 is 11.9 Å². The van der Waals surface area contributed by atoms with Gasteiger partial charge in [0.15, 0.2) is 0 Å². The van der Waals surface area contributed by atoms with Gasteiger partial charge >= 0.3 is 11.9 Å². The first-order valence-electron chi connectivity index (χ1n) is 5.77. The number of carboxylic acids is 2. The van der Waals surface area contributed by atoms with E-state index in [0.29, 0.717) is 12.0 Å². The molecule has 2 N–H and O–H groups in total. The van der Waals surface area contributed by atoms with Gasteiger partial charge in [-0.05, 0) is 37.3 Å². The maximum Gasteiger partial charge on any atom is 0.336 e. The Morgan fingerprint density at radius 3 is 2.44 bits per heavy atom. The van der Waals surface area contributed by atoms with Gasteiger partial charge in [0.1, 0.15) is 0 Å². The van der Waals surface area contributed by atoms with E-state index in [1.807, 2.05) is 6.08 Å². The van der Waals surface area contributed by atoms with Crippen LogP contribution in [0.15, 0.2) is 30.9 Å². The first kappa shape index (κ1) is 14.0. The van der Waals surface area contributed by atoms with E-state index in [9.17, 15) is 9.59 Å². The van der Waals surface area contributed by atoms with Crippen molar-refractivity contribution in [1.29, 1.82) is 0 Å². The summed E-state index contributed by atoms with van der Waals surface area (Å²) in [5.74, 6) is -2.40. The second kappa shape index (κ2) is 6.59. The van der Waals surface area contributed by atoms with E-state index in [0.717, 1.165) is 19.3 Å².